The van der Waals surface area contributed by atoms with Gasteiger partial charge in [0.15, 0.2) is 5.13 Å². The molecule has 1 aliphatic heterocycles. The highest BCUT2D eigenvalue weighted by Gasteiger charge is 2.21. The third-order valence-corrected chi connectivity index (χ3v) is 5.06. The van der Waals surface area contributed by atoms with E-state index in [1.165, 1.54) is 19.3 Å². The molecule has 2 rings (SSSR count). The Balaban J connectivity index is 1.71. The summed E-state index contributed by atoms with van der Waals surface area (Å²) in [6, 6.07) is 0.366. The van der Waals surface area contributed by atoms with Crippen molar-refractivity contribution < 1.29 is 4.79 Å². The van der Waals surface area contributed by atoms with Crippen LogP contribution in [0.25, 0.3) is 0 Å². The van der Waals surface area contributed by atoms with Crippen molar-refractivity contribution in [2.75, 3.05) is 38.6 Å². The van der Waals surface area contributed by atoms with Crippen LogP contribution < -0.4 is 15.5 Å². The van der Waals surface area contributed by atoms with Crippen LogP contribution in [0.2, 0.25) is 0 Å². The van der Waals surface area contributed by atoms with Crippen molar-refractivity contribution in [2.24, 2.45) is 0 Å². The fourth-order valence-corrected chi connectivity index (χ4v) is 3.49. The van der Waals surface area contributed by atoms with Gasteiger partial charge in [0.25, 0.3) is 0 Å². The van der Waals surface area contributed by atoms with E-state index in [0.29, 0.717) is 12.6 Å². The van der Waals surface area contributed by atoms with Gasteiger partial charge in [-0.1, -0.05) is 13.3 Å². The minimum atomic E-state index is -0.110. The third-order valence-electron chi connectivity index (χ3n) is 4.01. The van der Waals surface area contributed by atoms with E-state index >= 15 is 0 Å². The van der Waals surface area contributed by atoms with Gasteiger partial charge in [0.1, 0.15) is 0 Å². The second-order valence-corrected chi connectivity index (χ2v) is 6.69. The normalized spacial score (nSPS) is 19.0. The van der Waals surface area contributed by atoms with Crippen molar-refractivity contribution in [1.82, 2.24) is 20.5 Å². The summed E-state index contributed by atoms with van der Waals surface area (Å²) in [6.07, 6.45) is 3.71. The first kappa shape index (κ1) is 17.0. The van der Waals surface area contributed by atoms with Crippen LogP contribution in [0.5, 0.6) is 0 Å². The van der Waals surface area contributed by atoms with Crippen LogP contribution in [-0.2, 0) is 6.54 Å². The van der Waals surface area contributed by atoms with E-state index in [4.69, 9.17) is 0 Å². The number of carbonyl (C=O) groups is 1. The van der Waals surface area contributed by atoms with Crippen LogP contribution in [0.1, 0.15) is 31.9 Å². The van der Waals surface area contributed by atoms with Gasteiger partial charge >= 0.3 is 6.03 Å². The number of aromatic nitrogens is 1. The van der Waals surface area contributed by atoms with Gasteiger partial charge in [-0.05, 0) is 25.9 Å². The number of urea groups is 1. The number of nitrogens with one attached hydrogen (secondary N) is 2. The highest BCUT2D eigenvalue weighted by Crippen LogP contribution is 2.17. The number of hydrogen-bond acceptors (Lipinski definition) is 5. The van der Waals surface area contributed by atoms with Gasteiger partial charge in [0.2, 0.25) is 0 Å². The first-order valence-electron chi connectivity index (χ1n) is 7.97. The average molecular weight is 325 g/mol. The summed E-state index contributed by atoms with van der Waals surface area (Å²) in [5.41, 5.74) is 0.900. The molecule has 0 spiro atoms. The highest BCUT2D eigenvalue weighted by molar-refractivity contribution is 7.13. The Bertz CT molecular complexity index is 476. The summed E-state index contributed by atoms with van der Waals surface area (Å²) in [7, 11) is 3.93. The third kappa shape index (κ3) is 4.84. The molecule has 0 radical (unpaired) electrons. The van der Waals surface area contributed by atoms with Crippen molar-refractivity contribution in [3.8, 4) is 0 Å². The molecule has 7 heteroatoms. The Morgan fingerprint density at radius 1 is 1.45 bits per heavy atom. The number of anilines is 1. The van der Waals surface area contributed by atoms with Crippen LogP contribution in [0.15, 0.2) is 5.38 Å². The lowest BCUT2D eigenvalue weighted by Crippen LogP contribution is -2.48. The number of piperidine rings is 1. The van der Waals surface area contributed by atoms with Crippen molar-refractivity contribution in [2.45, 2.75) is 38.8 Å². The van der Waals surface area contributed by atoms with Crippen LogP contribution in [0.3, 0.4) is 0 Å². The minimum absolute atomic E-state index is 0.110. The first-order chi connectivity index (χ1) is 10.6. The molecule has 1 fully saturated rings. The molecule has 1 aromatic rings. The number of likely N-dealkylation sites (N-methyl/N-ethyl adjacent to an activating group) is 1. The molecule has 2 N–H and O–H groups in total. The number of rotatable bonds is 6. The number of carbonyl (C=O) groups excluding carboxylic acids is 1. The predicted octanol–water partition coefficient (Wildman–Crippen LogP) is 1.88. The Hall–Kier alpha value is -1.34. The number of nitrogens with zero attached hydrogens (tertiary/aromatic N) is 3. The SMILES string of the molecule is CCN1CCCCC1CNC(=O)NCc1csc(N(C)C)n1. The first-order valence-corrected chi connectivity index (χ1v) is 8.85. The van der Waals surface area contributed by atoms with Gasteiger partial charge < -0.3 is 15.5 Å². The highest BCUT2D eigenvalue weighted by atomic mass is 32.1. The minimum Gasteiger partial charge on any atom is -0.354 e. The summed E-state index contributed by atoms with van der Waals surface area (Å²) in [5, 5.41) is 8.81. The molecule has 1 saturated heterocycles. The smallest absolute Gasteiger partial charge is 0.315 e. The molecule has 0 aromatic carbocycles. The zero-order valence-electron chi connectivity index (χ0n) is 13.8. The molecule has 0 aliphatic carbocycles. The monoisotopic (exact) mass is 325 g/mol. The van der Waals surface area contributed by atoms with E-state index in [1.54, 1.807) is 11.3 Å². The maximum Gasteiger partial charge on any atom is 0.315 e. The predicted molar refractivity (Wildman–Crippen MR) is 91.6 cm³/mol. The molecule has 6 nitrogen and oxygen atoms in total. The fourth-order valence-electron chi connectivity index (χ4n) is 2.73. The van der Waals surface area contributed by atoms with Gasteiger partial charge in [-0.25, -0.2) is 9.78 Å². The number of amides is 2. The van der Waals surface area contributed by atoms with E-state index in [9.17, 15) is 4.79 Å². The zero-order valence-corrected chi connectivity index (χ0v) is 14.6. The van der Waals surface area contributed by atoms with Crippen LogP contribution in [0, 0.1) is 0 Å². The van der Waals surface area contributed by atoms with E-state index in [1.807, 2.05) is 24.4 Å². The lowest BCUT2D eigenvalue weighted by atomic mass is 10.0. The second-order valence-electron chi connectivity index (χ2n) is 5.86. The lowest BCUT2D eigenvalue weighted by molar-refractivity contribution is 0.153. The van der Waals surface area contributed by atoms with E-state index in [-0.39, 0.29) is 6.03 Å². The molecular formula is C15H27N5OS. The second kappa shape index (κ2) is 8.33. The molecular weight excluding hydrogens is 298 g/mol. The number of hydrogen-bond donors (Lipinski definition) is 2. The largest absolute Gasteiger partial charge is 0.354 e. The van der Waals surface area contributed by atoms with E-state index < -0.39 is 0 Å². The number of likely N-dealkylation sites (tertiary alicyclic amines) is 1. The molecule has 1 atom stereocenters. The van der Waals surface area contributed by atoms with Crippen molar-refractivity contribution in [3.63, 3.8) is 0 Å². The van der Waals surface area contributed by atoms with E-state index in [2.05, 4.69) is 27.4 Å². The molecule has 1 aromatic heterocycles. The quantitative estimate of drug-likeness (QED) is 0.838. The summed E-state index contributed by atoms with van der Waals surface area (Å²) in [5.74, 6) is 0. The molecule has 1 unspecified atom stereocenters. The van der Waals surface area contributed by atoms with Crippen LogP contribution in [0.4, 0.5) is 9.93 Å². The Kier molecular flexibility index (Phi) is 6.45. The summed E-state index contributed by atoms with van der Waals surface area (Å²) < 4.78 is 0. The molecule has 1 aliphatic rings. The zero-order chi connectivity index (χ0) is 15.9. The van der Waals surface area contributed by atoms with E-state index in [0.717, 1.165) is 30.5 Å². The Morgan fingerprint density at radius 3 is 2.95 bits per heavy atom. The maximum absolute atomic E-state index is 11.9. The molecule has 2 heterocycles. The van der Waals surface area contributed by atoms with Crippen LogP contribution >= 0.6 is 11.3 Å². The average Bonchev–Trinajstić information content (AvgIpc) is 3.00. The Labute approximate surface area is 136 Å². The summed E-state index contributed by atoms with van der Waals surface area (Å²) in [6.45, 7) is 5.58. The van der Waals surface area contributed by atoms with Crippen molar-refractivity contribution >= 4 is 22.5 Å². The van der Waals surface area contributed by atoms with Gasteiger partial charge in [0.05, 0.1) is 12.2 Å². The topological polar surface area (TPSA) is 60.5 Å². The van der Waals surface area contributed by atoms with Crippen LogP contribution in [-0.4, -0.2) is 55.7 Å². The van der Waals surface area contributed by atoms with Gasteiger partial charge in [-0.2, -0.15) is 0 Å². The van der Waals surface area contributed by atoms with Gasteiger partial charge in [-0.15, -0.1) is 11.3 Å². The standard InChI is InChI=1S/C15H27N5OS/c1-4-20-8-6-5-7-13(20)10-17-14(21)16-9-12-11-22-15(18-12)19(2)3/h11,13H,4-10H2,1-3H3,(H2,16,17,21). The molecule has 0 bridgehead atoms. The maximum atomic E-state index is 11.9. The molecule has 124 valence electrons. The van der Waals surface area contributed by atoms with Gasteiger partial charge in [0, 0.05) is 32.1 Å². The summed E-state index contributed by atoms with van der Waals surface area (Å²) in [4.78, 5) is 20.8. The fraction of sp³-hybridized carbons (Fsp3) is 0.733. The van der Waals surface area contributed by atoms with Crippen molar-refractivity contribution in [3.05, 3.63) is 11.1 Å². The van der Waals surface area contributed by atoms with Crippen molar-refractivity contribution in [1.29, 1.82) is 0 Å². The summed E-state index contributed by atoms with van der Waals surface area (Å²) >= 11 is 1.59. The molecule has 0 saturated carbocycles. The van der Waals surface area contributed by atoms with Gasteiger partial charge in [-0.3, -0.25) is 4.90 Å². The number of thiazole rings is 1. The molecule has 2 amide bonds. The lowest BCUT2D eigenvalue weighted by Gasteiger charge is -2.34. The molecule has 22 heavy (non-hydrogen) atoms. The Morgan fingerprint density at radius 2 is 2.27 bits per heavy atom.